The van der Waals surface area contributed by atoms with Crippen molar-refractivity contribution in [1.82, 2.24) is 14.3 Å². The van der Waals surface area contributed by atoms with E-state index in [1.54, 1.807) is 22.9 Å². The predicted molar refractivity (Wildman–Crippen MR) is 79.8 cm³/mol. The van der Waals surface area contributed by atoms with E-state index in [-0.39, 0.29) is 12.6 Å². The van der Waals surface area contributed by atoms with Gasteiger partial charge in [0.2, 0.25) is 0 Å². The van der Waals surface area contributed by atoms with Crippen molar-refractivity contribution < 1.29 is 12.8 Å². The molecule has 0 aromatic carbocycles. The van der Waals surface area contributed by atoms with Crippen molar-refractivity contribution in [2.45, 2.75) is 50.7 Å². The summed E-state index contributed by atoms with van der Waals surface area (Å²) in [5.41, 5.74) is 0.836. The number of nitrogens with one attached hydrogen (secondary N) is 2. The maximum Gasteiger partial charge on any atom is 0.280 e. The lowest BCUT2D eigenvalue weighted by molar-refractivity contribution is 0.242. The van der Waals surface area contributed by atoms with Crippen LogP contribution in [0.5, 0.6) is 0 Å². The smallest absolute Gasteiger partial charge is 0.280 e. The fourth-order valence-electron chi connectivity index (χ4n) is 2.74. The number of hydrogen-bond donors (Lipinski definition) is 2. The summed E-state index contributed by atoms with van der Waals surface area (Å²) in [6, 6.07) is 2.45. The lowest BCUT2D eigenvalue weighted by Crippen LogP contribution is -2.52. The lowest BCUT2D eigenvalue weighted by atomic mass is 10.1. The van der Waals surface area contributed by atoms with Crippen molar-refractivity contribution in [3.05, 3.63) is 24.2 Å². The molecule has 1 atom stereocenters. The van der Waals surface area contributed by atoms with E-state index < -0.39 is 10.2 Å². The average molecular weight is 313 g/mol. The summed E-state index contributed by atoms with van der Waals surface area (Å²) in [6.45, 7) is 1.65. The molecule has 0 radical (unpaired) electrons. The van der Waals surface area contributed by atoms with E-state index in [0.717, 1.165) is 31.4 Å². The van der Waals surface area contributed by atoms with Crippen molar-refractivity contribution >= 4 is 10.2 Å². The summed E-state index contributed by atoms with van der Waals surface area (Å²) in [7, 11) is -3.43. The van der Waals surface area contributed by atoms with Gasteiger partial charge in [-0.15, -0.1) is 0 Å². The van der Waals surface area contributed by atoms with Crippen LogP contribution in [0.1, 0.15) is 37.7 Å². The average Bonchev–Trinajstić information content (AvgIpc) is 3.17. The quantitative estimate of drug-likeness (QED) is 0.794. The standard InChI is InChI=1S/C14H23N3O3S/c18-21(19,16-9-12-6-8-20-11-12)17-7-2-1-3-14(17)10-15-13-4-5-13/h6,8,11,13-16H,1-5,7,9-10H2. The van der Waals surface area contributed by atoms with Crippen LogP contribution in [0, 0.1) is 0 Å². The Kier molecular flexibility index (Phi) is 4.63. The zero-order chi connectivity index (χ0) is 14.7. The van der Waals surface area contributed by atoms with Gasteiger partial charge in [0.1, 0.15) is 0 Å². The molecule has 0 spiro atoms. The fourth-order valence-corrected chi connectivity index (χ4v) is 4.19. The van der Waals surface area contributed by atoms with Gasteiger partial charge in [-0.3, -0.25) is 0 Å². The Morgan fingerprint density at radius 2 is 2.14 bits per heavy atom. The molecule has 21 heavy (non-hydrogen) atoms. The van der Waals surface area contributed by atoms with Crippen LogP contribution in [-0.2, 0) is 16.8 Å². The van der Waals surface area contributed by atoms with Crippen LogP contribution in [0.15, 0.2) is 23.0 Å². The van der Waals surface area contributed by atoms with Crippen molar-refractivity contribution in [1.29, 1.82) is 0 Å². The molecule has 6 nitrogen and oxygen atoms in total. The minimum Gasteiger partial charge on any atom is -0.472 e. The third kappa shape index (κ3) is 4.06. The summed E-state index contributed by atoms with van der Waals surface area (Å²) in [5, 5.41) is 3.45. The largest absolute Gasteiger partial charge is 0.472 e. The van der Waals surface area contributed by atoms with Crippen molar-refractivity contribution in [2.75, 3.05) is 13.1 Å². The second-order valence-electron chi connectivity index (χ2n) is 5.90. The first-order valence-corrected chi connectivity index (χ1v) is 9.10. The van der Waals surface area contributed by atoms with Crippen molar-refractivity contribution in [2.24, 2.45) is 0 Å². The summed E-state index contributed by atoms with van der Waals surface area (Å²) < 4.78 is 34.3. The Morgan fingerprint density at radius 1 is 1.29 bits per heavy atom. The van der Waals surface area contributed by atoms with Crippen LogP contribution in [0.4, 0.5) is 0 Å². The predicted octanol–water partition coefficient (Wildman–Crippen LogP) is 1.22. The minimum atomic E-state index is -3.43. The number of furan rings is 1. The Hall–Kier alpha value is -0.890. The lowest BCUT2D eigenvalue weighted by Gasteiger charge is -2.34. The van der Waals surface area contributed by atoms with Gasteiger partial charge < -0.3 is 9.73 Å². The van der Waals surface area contributed by atoms with Gasteiger partial charge in [-0.2, -0.15) is 17.4 Å². The van der Waals surface area contributed by atoms with Crippen LogP contribution in [0.2, 0.25) is 0 Å². The summed E-state index contributed by atoms with van der Waals surface area (Å²) in [4.78, 5) is 0. The highest BCUT2D eigenvalue weighted by Crippen LogP contribution is 2.22. The molecule has 1 aliphatic heterocycles. The van der Waals surface area contributed by atoms with Crippen molar-refractivity contribution in [3.63, 3.8) is 0 Å². The number of piperidine rings is 1. The number of rotatable bonds is 7. The zero-order valence-corrected chi connectivity index (χ0v) is 12.9. The summed E-state index contributed by atoms with van der Waals surface area (Å²) in [6.07, 6.45) is 8.53. The van der Waals surface area contributed by atoms with Gasteiger partial charge in [0.15, 0.2) is 0 Å². The van der Waals surface area contributed by atoms with Crippen molar-refractivity contribution in [3.8, 4) is 0 Å². The molecule has 1 aliphatic carbocycles. The molecule has 2 heterocycles. The molecule has 1 unspecified atom stereocenters. The van der Waals surface area contributed by atoms with Crippen LogP contribution in [0.3, 0.4) is 0 Å². The van der Waals surface area contributed by atoms with Crippen LogP contribution < -0.4 is 10.0 Å². The molecule has 0 bridgehead atoms. The molecule has 2 fully saturated rings. The van der Waals surface area contributed by atoms with Gasteiger partial charge >= 0.3 is 0 Å². The molecule has 1 aromatic heterocycles. The second kappa shape index (κ2) is 6.48. The normalized spacial score (nSPS) is 24.3. The number of nitrogens with zero attached hydrogens (tertiary/aromatic N) is 1. The van der Waals surface area contributed by atoms with Crippen LogP contribution in [0.25, 0.3) is 0 Å². The van der Waals surface area contributed by atoms with E-state index >= 15 is 0 Å². The molecule has 0 amide bonds. The molecule has 1 saturated carbocycles. The van der Waals surface area contributed by atoms with Gasteiger partial charge in [0.05, 0.1) is 12.5 Å². The molecule has 1 aromatic rings. The Balaban J connectivity index is 1.59. The molecular formula is C14H23N3O3S. The Bertz CT molecular complexity index is 540. The summed E-state index contributed by atoms with van der Waals surface area (Å²) >= 11 is 0. The molecular weight excluding hydrogens is 290 g/mol. The van der Waals surface area contributed by atoms with Gasteiger partial charge in [0.25, 0.3) is 10.2 Å². The first-order chi connectivity index (χ1) is 10.1. The highest BCUT2D eigenvalue weighted by molar-refractivity contribution is 7.87. The van der Waals surface area contributed by atoms with E-state index in [9.17, 15) is 8.42 Å². The van der Waals surface area contributed by atoms with Crippen LogP contribution >= 0.6 is 0 Å². The van der Waals surface area contributed by atoms with Crippen LogP contribution in [-0.4, -0.2) is 37.9 Å². The molecule has 7 heteroatoms. The summed E-state index contributed by atoms with van der Waals surface area (Å²) in [5.74, 6) is 0. The number of hydrogen-bond acceptors (Lipinski definition) is 4. The highest BCUT2D eigenvalue weighted by Gasteiger charge is 2.33. The molecule has 118 valence electrons. The Morgan fingerprint density at radius 3 is 2.86 bits per heavy atom. The SMILES string of the molecule is O=S(=O)(NCc1ccoc1)N1CCCCC1CNC1CC1. The van der Waals surface area contributed by atoms with E-state index in [2.05, 4.69) is 10.0 Å². The third-order valence-electron chi connectivity index (χ3n) is 4.14. The Labute approximate surface area is 126 Å². The van der Waals surface area contributed by atoms with E-state index in [1.807, 2.05) is 0 Å². The van der Waals surface area contributed by atoms with Gasteiger partial charge in [-0.05, 0) is 31.7 Å². The fraction of sp³-hybridized carbons (Fsp3) is 0.714. The van der Waals surface area contributed by atoms with Gasteiger partial charge in [-0.1, -0.05) is 6.42 Å². The first-order valence-electron chi connectivity index (χ1n) is 7.66. The second-order valence-corrected chi connectivity index (χ2v) is 7.61. The maximum atomic E-state index is 12.5. The maximum absolute atomic E-state index is 12.5. The minimum absolute atomic E-state index is 0.0706. The monoisotopic (exact) mass is 313 g/mol. The highest BCUT2D eigenvalue weighted by atomic mass is 32.2. The molecule has 1 saturated heterocycles. The first kappa shape index (κ1) is 15.0. The van der Waals surface area contributed by atoms with Gasteiger partial charge in [-0.25, -0.2) is 0 Å². The van der Waals surface area contributed by atoms with E-state index in [4.69, 9.17) is 4.42 Å². The molecule has 2 aliphatic rings. The molecule has 2 N–H and O–H groups in total. The van der Waals surface area contributed by atoms with E-state index in [0.29, 0.717) is 12.6 Å². The van der Waals surface area contributed by atoms with Gasteiger partial charge in [0, 0.05) is 37.3 Å². The topological polar surface area (TPSA) is 74.6 Å². The van der Waals surface area contributed by atoms with E-state index in [1.165, 1.54) is 12.8 Å². The zero-order valence-electron chi connectivity index (χ0n) is 12.1. The third-order valence-corrected chi connectivity index (χ3v) is 5.75. The molecule has 3 rings (SSSR count).